The van der Waals surface area contributed by atoms with E-state index in [4.69, 9.17) is 0 Å². The second-order valence-corrected chi connectivity index (χ2v) is 5.90. The minimum absolute atomic E-state index is 0.356. The largest absolute Gasteiger partial charge is 0.310 e. The van der Waals surface area contributed by atoms with Gasteiger partial charge in [-0.25, -0.2) is 0 Å². The molecule has 3 unspecified atom stereocenters. The second-order valence-electron chi connectivity index (χ2n) is 5.90. The molecule has 15 heavy (non-hydrogen) atoms. The topological polar surface area (TPSA) is 15.3 Å². The Morgan fingerprint density at radius 2 is 2.20 bits per heavy atom. The van der Waals surface area contributed by atoms with E-state index in [1.807, 2.05) is 0 Å². The Morgan fingerprint density at radius 1 is 1.47 bits per heavy atom. The fraction of sp³-hybridized carbons (Fsp3) is 1.00. The van der Waals surface area contributed by atoms with Crippen molar-refractivity contribution < 1.29 is 0 Å². The van der Waals surface area contributed by atoms with Gasteiger partial charge in [-0.2, -0.15) is 0 Å². The maximum absolute atomic E-state index is 3.70. The van der Waals surface area contributed by atoms with Crippen molar-refractivity contribution in [3.63, 3.8) is 0 Å². The van der Waals surface area contributed by atoms with E-state index in [0.717, 1.165) is 11.8 Å². The van der Waals surface area contributed by atoms with Crippen LogP contribution in [-0.4, -0.2) is 36.6 Å². The molecule has 2 nitrogen and oxygen atoms in total. The maximum atomic E-state index is 3.70. The van der Waals surface area contributed by atoms with Gasteiger partial charge in [0.15, 0.2) is 0 Å². The van der Waals surface area contributed by atoms with Gasteiger partial charge in [0, 0.05) is 18.6 Å². The normalized spacial score (nSPS) is 42.6. The van der Waals surface area contributed by atoms with Gasteiger partial charge < -0.3 is 10.2 Å². The van der Waals surface area contributed by atoms with Gasteiger partial charge >= 0.3 is 0 Å². The SMILES string of the molecule is CCC1(C)CN(CC2CC2C)CCCN1. The van der Waals surface area contributed by atoms with Gasteiger partial charge in [0.1, 0.15) is 0 Å². The Hall–Kier alpha value is -0.0800. The molecule has 0 amide bonds. The van der Waals surface area contributed by atoms with Crippen LogP contribution in [0, 0.1) is 11.8 Å². The van der Waals surface area contributed by atoms with Gasteiger partial charge in [-0.05, 0) is 51.1 Å². The van der Waals surface area contributed by atoms with Crippen LogP contribution in [0.2, 0.25) is 0 Å². The van der Waals surface area contributed by atoms with Gasteiger partial charge in [-0.15, -0.1) is 0 Å². The van der Waals surface area contributed by atoms with E-state index in [0.29, 0.717) is 5.54 Å². The molecule has 0 aromatic rings. The highest BCUT2D eigenvalue weighted by atomic mass is 15.2. The van der Waals surface area contributed by atoms with Crippen molar-refractivity contribution in [2.45, 2.75) is 45.6 Å². The number of nitrogens with zero attached hydrogens (tertiary/aromatic N) is 1. The van der Waals surface area contributed by atoms with Gasteiger partial charge in [0.25, 0.3) is 0 Å². The van der Waals surface area contributed by atoms with Gasteiger partial charge in [0.05, 0.1) is 0 Å². The first-order chi connectivity index (χ1) is 7.13. The lowest BCUT2D eigenvalue weighted by atomic mass is 9.98. The highest BCUT2D eigenvalue weighted by Gasteiger charge is 2.36. The zero-order valence-corrected chi connectivity index (χ0v) is 10.6. The van der Waals surface area contributed by atoms with Crippen molar-refractivity contribution in [2.75, 3.05) is 26.2 Å². The molecule has 1 saturated carbocycles. The third-order valence-corrected chi connectivity index (χ3v) is 4.32. The third kappa shape index (κ3) is 2.94. The molecular weight excluding hydrogens is 184 g/mol. The molecule has 1 saturated heterocycles. The zero-order valence-electron chi connectivity index (χ0n) is 10.6. The van der Waals surface area contributed by atoms with Crippen LogP contribution in [0.25, 0.3) is 0 Å². The molecule has 2 fully saturated rings. The molecule has 3 atom stereocenters. The molecule has 2 aliphatic rings. The first kappa shape index (κ1) is 11.4. The Balaban J connectivity index is 1.87. The standard InChI is InChI=1S/C13H26N2/c1-4-13(3)10-15(7-5-6-14-13)9-12-8-11(12)2/h11-12,14H,4-10H2,1-3H3. The number of nitrogens with one attached hydrogen (secondary N) is 1. The number of hydrogen-bond donors (Lipinski definition) is 1. The molecule has 2 rings (SSSR count). The van der Waals surface area contributed by atoms with E-state index in [9.17, 15) is 0 Å². The Labute approximate surface area is 94.4 Å². The summed E-state index contributed by atoms with van der Waals surface area (Å²) >= 11 is 0. The van der Waals surface area contributed by atoms with Crippen molar-refractivity contribution in [1.82, 2.24) is 10.2 Å². The van der Waals surface area contributed by atoms with Gasteiger partial charge in [-0.1, -0.05) is 13.8 Å². The van der Waals surface area contributed by atoms with Crippen LogP contribution < -0.4 is 5.32 Å². The highest BCUT2D eigenvalue weighted by molar-refractivity contribution is 4.91. The summed E-state index contributed by atoms with van der Waals surface area (Å²) < 4.78 is 0. The summed E-state index contributed by atoms with van der Waals surface area (Å²) in [6, 6.07) is 0. The first-order valence-electron chi connectivity index (χ1n) is 6.60. The smallest absolute Gasteiger partial charge is 0.0277 e. The Bertz CT molecular complexity index is 217. The summed E-state index contributed by atoms with van der Waals surface area (Å²) in [6.07, 6.45) is 4.02. The third-order valence-electron chi connectivity index (χ3n) is 4.32. The molecule has 1 heterocycles. The molecule has 88 valence electrons. The summed E-state index contributed by atoms with van der Waals surface area (Å²) in [4.78, 5) is 2.69. The molecule has 1 N–H and O–H groups in total. The van der Waals surface area contributed by atoms with E-state index >= 15 is 0 Å². The van der Waals surface area contributed by atoms with Crippen molar-refractivity contribution >= 4 is 0 Å². The van der Waals surface area contributed by atoms with Crippen LogP contribution in [0.3, 0.4) is 0 Å². The molecule has 2 heteroatoms. The van der Waals surface area contributed by atoms with E-state index in [2.05, 4.69) is 31.0 Å². The van der Waals surface area contributed by atoms with Crippen molar-refractivity contribution in [2.24, 2.45) is 11.8 Å². The maximum Gasteiger partial charge on any atom is 0.0277 e. The molecule has 0 aromatic heterocycles. The molecule has 0 bridgehead atoms. The van der Waals surface area contributed by atoms with Crippen molar-refractivity contribution in [3.8, 4) is 0 Å². The minimum Gasteiger partial charge on any atom is -0.310 e. The summed E-state index contributed by atoms with van der Waals surface area (Å²) in [5.74, 6) is 2.00. The summed E-state index contributed by atoms with van der Waals surface area (Å²) in [5, 5.41) is 3.70. The summed E-state index contributed by atoms with van der Waals surface area (Å²) in [7, 11) is 0. The zero-order chi connectivity index (χ0) is 10.9. The fourth-order valence-electron chi connectivity index (χ4n) is 2.70. The number of hydrogen-bond acceptors (Lipinski definition) is 2. The van der Waals surface area contributed by atoms with E-state index in [-0.39, 0.29) is 0 Å². The Kier molecular flexibility index (Phi) is 3.36. The Morgan fingerprint density at radius 3 is 2.80 bits per heavy atom. The first-order valence-corrected chi connectivity index (χ1v) is 6.60. The molecule has 1 aliphatic carbocycles. The quantitative estimate of drug-likeness (QED) is 0.767. The fourth-order valence-corrected chi connectivity index (χ4v) is 2.70. The van der Waals surface area contributed by atoms with Crippen molar-refractivity contribution in [3.05, 3.63) is 0 Å². The monoisotopic (exact) mass is 210 g/mol. The van der Waals surface area contributed by atoms with E-state index < -0.39 is 0 Å². The number of rotatable bonds is 3. The lowest BCUT2D eigenvalue weighted by Crippen LogP contribution is -2.48. The average Bonchev–Trinajstić information content (AvgIpc) is 2.92. The summed E-state index contributed by atoms with van der Waals surface area (Å²) in [6.45, 7) is 12.1. The predicted molar refractivity (Wildman–Crippen MR) is 65.0 cm³/mol. The predicted octanol–water partition coefficient (Wildman–Crippen LogP) is 2.11. The van der Waals surface area contributed by atoms with E-state index in [1.165, 1.54) is 45.4 Å². The molecular formula is C13H26N2. The van der Waals surface area contributed by atoms with Crippen LogP contribution in [0.4, 0.5) is 0 Å². The van der Waals surface area contributed by atoms with Crippen LogP contribution in [0.5, 0.6) is 0 Å². The average molecular weight is 210 g/mol. The lowest BCUT2D eigenvalue weighted by Gasteiger charge is -2.32. The van der Waals surface area contributed by atoms with Crippen LogP contribution in [0.15, 0.2) is 0 Å². The second kappa shape index (κ2) is 4.42. The van der Waals surface area contributed by atoms with Crippen LogP contribution in [-0.2, 0) is 0 Å². The van der Waals surface area contributed by atoms with Crippen LogP contribution in [0.1, 0.15) is 40.0 Å². The lowest BCUT2D eigenvalue weighted by molar-refractivity contribution is 0.206. The van der Waals surface area contributed by atoms with E-state index in [1.54, 1.807) is 0 Å². The van der Waals surface area contributed by atoms with Crippen LogP contribution >= 0.6 is 0 Å². The summed E-state index contributed by atoms with van der Waals surface area (Å²) in [5.41, 5.74) is 0.356. The van der Waals surface area contributed by atoms with Crippen molar-refractivity contribution in [1.29, 1.82) is 0 Å². The molecule has 0 spiro atoms. The van der Waals surface area contributed by atoms with Gasteiger partial charge in [0.2, 0.25) is 0 Å². The van der Waals surface area contributed by atoms with Gasteiger partial charge in [-0.3, -0.25) is 0 Å². The highest BCUT2D eigenvalue weighted by Crippen LogP contribution is 2.38. The molecule has 0 radical (unpaired) electrons. The minimum atomic E-state index is 0.356. The molecule has 1 aliphatic heterocycles. The molecule has 0 aromatic carbocycles.